The molecule has 0 atom stereocenters. The van der Waals surface area contributed by atoms with Gasteiger partial charge in [0.2, 0.25) is 0 Å². The Labute approximate surface area is 97.3 Å². The summed E-state index contributed by atoms with van der Waals surface area (Å²) in [5.41, 5.74) is 3.42. The van der Waals surface area contributed by atoms with E-state index in [0.29, 0.717) is 11.3 Å². The highest BCUT2D eigenvalue weighted by Crippen LogP contribution is 2.20. The summed E-state index contributed by atoms with van der Waals surface area (Å²) in [5.74, 6) is 0.442. The molecule has 0 fully saturated rings. The number of aryl methyl sites for hydroxylation is 1. The van der Waals surface area contributed by atoms with E-state index in [9.17, 15) is 4.39 Å². The van der Waals surface area contributed by atoms with Crippen LogP contribution in [0.25, 0.3) is 22.4 Å². The molecular formula is C13H10FN3. The van der Waals surface area contributed by atoms with Crippen molar-refractivity contribution in [3.8, 4) is 11.4 Å². The maximum absolute atomic E-state index is 13.1. The minimum atomic E-state index is -0.268. The van der Waals surface area contributed by atoms with Gasteiger partial charge in [0.25, 0.3) is 0 Å². The van der Waals surface area contributed by atoms with Gasteiger partial charge in [0.15, 0.2) is 0 Å². The first kappa shape index (κ1) is 9.96. The molecule has 0 aliphatic rings. The van der Waals surface area contributed by atoms with Crippen LogP contribution < -0.4 is 0 Å². The number of aromatic nitrogens is 3. The highest BCUT2D eigenvalue weighted by atomic mass is 19.1. The van der Waals surface area contributed by atoms with E-state index in [0.717, 1.165) is 16.6 Å². The molecule has 17 heavy (non-hydrogen) atoms. The molecule has 1 aromatic carbocycles. The van der Waals surface area contributed by atoms with E-state index < -0.39 is 0 Å². The lowest BCUT2D eigenvalue weighted by Gasteiger charge is -1.96. The van der Waals surface area contributed by atoms with Crippen LogP contribution in [0, 0.1) is 12.7 Å². The average molecular weight is 227 g/mol. The first-order valence-electron chi connectivity index (χ1n) is 5.30. The number of hydrogen-bond acceptors (Lipinski definition) is 2. The zero-order chi connectivity index (χ0) is 11.8. The third kappa shape index (κ3) is 1.78. The van der Waals surface area contributed by atoms with Crippen LogP contribution in [0.1, 0.15) is 5.56 Å². The molecular weight excluding hydrogens is 217 g/mol. The fourth-order valence-electron chi connectivity index (χ4n) is 1.80. The van der Waals surface area contributed by atoms with Crippen LogP contribution in [0.4, 0.5) is 4.39 Å². The number of pyridine rings is 1. The maximum atomic E-state index is 13.1. The Morgan fingerprint density at radius 3 is 2.88 bits per heavy atom. The van der Waals surface area contributed by atoms with Gasteiger partial charge in [0.05, 0.1) is 11.0 Å². The molecule has 4 heteroatoms. The van der Waals surface area contributed by atoms with Crippen LogP contribution in [-0.2, 0) is 0 Å². The van der Waals surface area contributed by atoms with Crippen molar-refractivity contribution in [3.05, 3.63) is 48.0 Å². The number of benzene rings is 1. The second-order valence-corrected chi connectivity index (χ2v) is 4.00. The van der Waals surface area contributed by atoms with Gasteiger partial charge in [-0.1, -0.05) is 0 Å². The van der Waals surface area contributed by atoms with E-state index in [4.69, 9.17) is 0 Å². The fourth-order valence-corrected chi connectivity index (χ4v) is 1.80. The van der Waals surface area contributed by atoms with Crippen molar-refractivity contribution in [2.45, 2.75) is 6.92 Å². The van der Waals surface area contributed by atoms with Gasteiger partial charge in [-0.05, 0) is 36.8 Å². The number of rotatable bonds is 1. The lowest BCUT2D eigenvalue weighted by molar-refractivity contribution is 0.629. The van der Waals surface area contributed by atoms with E-state index in [1.807, 2.05) is 13.0 Å². The highest BCUT2D eigenvalue weighted by Gasteiger charge is 2.06. The Morgan fingerprint density at radius 2 is 2.06 bits per heavy atom. The Hall–Kier alpha value is -2.23. The Morgan fingerprint density at radius 1 is 1.18 bits per heavy atom. The largest absolute Gasteiger partial charge is 0.338 e. The molecule has 0 bridgehead atoms. The van der Waals surface area contributed by atoms with E-state index >= 15 is 0 Å². The molecule has 2 aromatic heterocycles. The molecule has 84 valence electrons. The molecule has 3 nitrogen and oxygen atoms in total. The van der Waals surface area contributed by atoms with Crippen molar-refractivity contribution in [3.63, 3.8) is 0 Å². The SMILES string of the molecule is Cc1cncc(-c2nc3ccc(F)cc3[nH]2)c1. The van der Waals surface area contributed by atoms with Gasteiger partial charge in [-0.3, -0.25) is 4.98 Å². The number of halogens is 1. The number of nitrogens with zero attached hydrogens (tertiary/aromatic N) is 2. The maximum Gasteiger partial charge on any atom is 0.140 e. The van der Waals surface area contributed by atoms with Gasteiger partial charge < -0.3 is 4.98 Å². The number of imidazole rings is 1. The number of nitrogens with one attached hydrogen (secondary N) is 1. The molecule has 0 saturated heterocycles. The van der Waals surface area contributed by atoms with Crippen LogP contribution in [0.3, 0.4) is 0 Å². The van der Waals surface area contributed by atoms with Crippen molar-refractivity contribution in [1.29, 1.82) is 0 Å². The second kappa shape index (κ2) is 3.66. The summed E-state index contributed by atoms with van der Waals surface area (Å²) < 4.78 is 13.1. The Balaban J connectivity index is 2.18. The summed E-state index contributed by atoms with van der Waals surface area (Å²) in [7, 11) is 0. The van der Waals surface area contributed by atoms with E-state index in [1.165, 1.54) is 12.1 Å². The molecule has 0 saturated carbocycles. The van der Waals surface area contributed by atoms with Crippen LogP contribution in [-0.4, -0.2) is 15.0 Å². The van der Waals surface area contributed by atoms with Gasteiger partial charge in [0.1, 0.15) is 11.6 Å². The molecule has 0 radical (unpaired) electrons. The lowest BCUT2D eigenvalue weighted by atomic mass is 10.2. The van der Waals surface area contributed by atoms with E-state index in [-0.39, 0.29) is 5.82 Å². The van der Waals surface area contributed by atoms with Crippen LogP contribution >= 0.6 is 0 Å². The standard InChI is InChI=1S/C13H10FN3/c1-8-4-9(7-15-6-8)13-16-11-3-2-10(14)5-12(11)17-13/h2-7H,1H3,(H,16,17). The van der Waals surface area contributed by atoms with Gasteiger partial charge in [-0.15, -0.1) is 0 Å². The molecule has 0 unspecified atom stereocenters. The average Bonchev–Trinajstić information content (AvgIpc) is 2.72. The first-order chi connectivity index (χ1) is 8.22. The summed E-state index contributed by atoms with van der Waals surface area (Å²) >= 11 is 0. The molecule has 3 aromatic rings. The molecule has 3 rings (SSSR count). The van der Waals surface area contributed by atoms with Crippen molar-refractivity contribution >= 4 is 11.0 Å². The molecule has 0 aliphatic heterocycles. The fraction of sp³-hybridized carbons (Fsp3) is 0.0769. The summed E-state index contributed by atoms with van der Waals surface area (Å²) in [6.07, 6.45) is 3.52. The van der Waals surface area contributed by atoms with Crippen molar-refractivity contribution in [2.75, 3.05) is 0 Å². The summed E-state index contributed by atoms with van der Waals surface area (Å²) in [5, 5.41) is 0. The molecule has 1 N–H and O–H groups in total. The first-order valence-corrected chi connectivity index (χ1v) is 5.30. The molecule has 2 heterocycles. The lowest BCUT2D eigenvalue weighted by Crippen LogP contribution is -1.83. The van der Waals surface area contributed by atoms with Crippen LogP contribution in [0.15, 0.2) is 36.7 Å². The third-order valence-corrected chi connectivity index (χ3v) is 2.59. The summed E-state index contributed by atoms with van der Waals surface area (Å²) in [6, 6.07) is 6.49. The number of H-pyrrole nitrogens is 1. The number of fused-ring (bicyclic) bond motifs is 1. The highest BCUT2D eigenvalue weighted by molar-refractivity contribution is 5.79. The summed E-state index contributed by atoms with van der Waals surface area (Å²) in [4.78, 5) is 11.6. The topological polar surface area (TPSA) is 41.6 Å². The number of hydrogen-bond donors (Lipinski definition) is 1. The van der Waals surface area contributed by atoms with E-state index in [1.54, 1.807) is 18.5 Å². The minimum absolute atomic E-state index is 0.268. The van der Waals surface area contributed by atoms with Gasteiger partial charge in [-0.25, -0.2) is 9.37 Å². The molecule has 0 aliphatic carbocycles. The predicted molar refractivity (Wildman–Crippen MR) is 64.0 cm³/mol. The third-order valence-electron chi connectivity index (χ3n) is 2.59. The number of aromatic amines is 1. The van der Waals surface area contributed by atoms with Crippen LogP contribution in [0.5, 0.6) is 0 Å². The normalized spacial score (nSPS) is 10.9. The quantitative estimate of drug-likeness (QED) is 0.694. The molecule has 0 spiro atoms. The van der Waals surface area contributed by atoms with Crippen LogP contribution in [0.2, 0.25) is 0 Å². The van der Waals surface area contributed by atoms with Gasteiger partial charge >= 0.3 is 0 Å². The zero-order valence-electron chi connectivity index (χ0n) is 9.24. The second-order valence-electron chi connectivity index (χ2n) is 4.00. The predicted octanol–water partition coefficient (Wildman–Crippen LogP) is 3.07. The van der Waals surface area contributed by atoms with Crippen molar-refractivity contribution < 1.29 is 4.39 Å². The molecule has 0 amide bonds. The minimum Gasteiger partial charge on any atom is -0.338 e. The van der Waals surface area contributed by atoms with Gasteiger partial charge in [-0.2, -0.15) is 0 Å². The van der Waals surface area contributed by atoms with Crippen molar-refractivity contribution in [1.82, 2.24) is 15.0 Å². The van der Waals surface area contributed by atoms with Crippen molar-refractivity contribution in [2.24, 2.45) is 0 Å². The van der Waals surface area contributed by atoms with Gasteiger partial charge in [0, 0.05) is 18.0 Å². The Bertz CT molecular complexity index is 688. The Kier molecular flexibility index (Phi) is 2.14. The van der Waals surface area contributed by atoms with E-state index in [2.05, 4.69) is 15.0 Å². The summed E-state index contributed by atoms with van der Waals surface area (Å²) in [6.45, 7) is 1.97. The monoisotopic (exact) mass is 227 g/mol. The zero-order valence-corrected chi connectivity index (χ0v) is 9.24. The smallest absolute Gasteiger partial charge is 0.140 e.